The van der Waals surface area contributed by atoms with Crippen molar-refractivity contribution in [3.8, 4) is 11.4 Å². The van der Waals surface area contributed by atoms with Crippen molar-refractivity contribution in [3.63, 3.8) is 0 Å². The molecule has 5 nitrogen and oxygen atoms in total. The number of benzene rings is 1. The summed E-state index contributed by atoms with van der Waals surface area (Å²) in [6, 6.07) is 6.22. The number of H-pyrrole nitrogens is 2. The van der Waals surface area contributed by atoms with Crippen molar-refractivity contribution in [2.75, 3.05) is 0 Å². The molecule has 0 fully saturated rings. The Morgan fingerprint density at radius 1 is 1.45 bits per heavy atom. The predicted molar refractivity (Wildman–Crippen MR) is 77.0 cm³/mol. The number of aromatic nitrogens is 3. The van der Waals surface area contributed by atoms with E-state index in [-0.39, 0.29) is 6.10 Å². The number of nitrogens with zero attached hydrogens (tertiary/aromatic N) is 1. The number of aromatic amines is 2. The largest absolute Gasteiger partial charge is 0.366 e. The summed E-state index contributed by atoms with van der Waals surface area (Å²) < 4.78 is 5.54. The zero-order valence-corrected chi connectivity index (χ0v) is 11.2. The van der Waals surface area contributed by atoms with Crippen LogP contribution < -0.4 is 5.73 Å². The zero-order chi connectivity index (χ0) is 13.7. The molecule has 4 N–H and O–H groups in total. The maximum Gasteiger partial charge on any atom is 0.140 e. The molecule has 0 amide bonds. The van der Waals surface area contributed by atoms with Crippen molar-refractivity contribution in [3.05, 3.63) is 41.3 Å². The van der Waals surface area contributed by atoms with Gasteiger partial charge in [0.15, 0.2) is 0 Å². The fourth-order valence-corrected chi connectivity index (χ4v) is 2.77. The Labute approximate surface area is 116 Å². The van der Waals surface area contributed by atoms with E-state index < -0.39 is 0 Å². The molecule has 0 aliphatic carbocycles. The van der Waals surface area contributed by atoms with Crippen molar-refractivity contribution >= 4 is 10.9 Å². The molecule has 0 saturated heterocycles. The Kier molecular flexibility index (Phi) is 2.45. The minimum atomic E-state index is 0.0693. The second-order valence-corrected chi connectivity index (χ2v) is 5.19. The average molecular weight is 268 g/mol. The van der Waals surface area contributed by atoms with Crippen LogP contribution in [0.2, 0.25) is 0 Å². The lowest BCUT2D eigenvalue weighted by atomic mass is 10.1. The molecule has 20 heavy (non-hydrogen) atoms. The van der Waals surface area contributed by atoms with Gasteiger partial charge in [0, 0.05) is 29.2 Å². The number of hydrogen-bond acceptors (Lipinski definition) is 3. The number of fused-ring (bicyclic) bond motifs is 2. The minimum Gasteiger partial charge on any atom is -0.366 e. The first-order valence-electron chi connectivity index (χ1n) is 6.77. The Hall–Kier alpha value is -2.11. The molecular weight excluding hydrogens is 252 g/mol. The summed E-state index contributed by atoms with van der Waals surface area (Å²) in [5, 5.41) is 1.15. The van der Waals surface area contributed by atoms with Gasteiger partial charge in [-0.2, -0.15) is 0 Å². The smallest absolute Gasteiger partial charge is 0.140 e. The van der Waals surface area contributed by atoms with Gasteiger partial charge in [0.25, 0.3) is 0 Å². The van der Waals surface area contributed by atoms with E-state index in [9.17, 15) is 0 Å². The van der Waals surface area contributed by atoms with E-state index in [0.29, 0.717) is 13.2 Å². The van der Waals surface area contributed by atoms with Gasteiger partial charge in [0.05, 0.1) is 24.1 Å². The van der Waals surface area contributed by atoms with Crippen LogP contribution in [-0.4, -0.2) is 15.0 Å². The highest BCUT2D eigenvalue weighted by Crippen LogP contribution is 2.33. The van der Waals surface area contributed by atoms with Gasteiger partial charge in [-0.1, -0.05) is 6.07 Å². The predicted octanol–water partition coefficient (Wildman–Crippen LogP) is 2.61. The SMILES string of the molecule is CC1OCc2[nH]c(-c3c[nH]c4ccc(CN)cc34)nc21. The summed E-state index contributed by atoms with van der Waals surface area (Å²) in [4.78, 5) is 11.3. The third-order valence-corrected chi connectivity index (χ3v) is 3.91. The van der Waals surface area contributed by atoms with Gasteiger partial charge < -0.3 is 20.4 Å². The van der Waals surface area contributed by atoms with E-state index in [1.165, 1.54) is 0 Å². The number of ether oxygens (including phenoxy) is 1. The van der Waals surface area contributed by atoms with E-state index in [2.05, 4.69) is 27.1 Å². The zero-order valence-electron chi connectivity index (χ0n) is 11.2. The van der Waals surface area contributed by atoms with Crippen LogP contribution in [0.3, 0.4) is 0 Å². The molecule has 0 spiro atoms. The summed E-state index contributed by atoms with van der Waals surface area (Å²) in [6.07, 6.45) is 2.06. The maximum atomic E-state index is 5.73. The molecule has 4 rings (SSSR count). The van der Waals surface area contributed by atoms with Crippen molar-refractivity contribution in [1.29, 1.82) is 0 Å². The Bertz CT molecular complexity index is 786. The summed E-state index contributed by atoms with van der Waals surface area (Å²) in [6.45, 7) is 3.18. The summed E-state index contributed by atoms with van der Waals surface area (Å²) >= 11 is 0. The highest BCUT2D eigenvalue weighted by Gasteiger charge is 2.24. The van der Waals surface area contributed by atoms with E-state index in [1.807, 2.05) is 19.2 Å². The van der Waals surface area contributed by atoms with Crippen LogP contribution in [0, 0.1) is 0 Å². The number of nitrogens with two attached hydrogens (primary N) is 1. The standard InChI is InChI=1S/C15H16N4O/c1-8-14-13(7-20-8)18-15(19-14)11-6-17-12-3-2-9(5-16)4-10(11)12/h2-4,6,8,17H,5,7,16H2,1H3,(H,18,19). The fraction of sp³-hybridized carbons (Fsp3) is 0.267. The Balaban J connectivity index is 1.87. The Morgan fingerprint density at radius 3 is 3.15 bits per heavy atom. The molecule has 1 atom stereocenters. The molecule has 5 heteroatoms. The molecule has 1 aliphatic rings. The van der Waals surface area contributed by atoms with Gasteiger partial charge in [-0.05, 0) is 24.6 Å². The molecule has 0 bridgehead atoms. The molecule has 2 aromatic heterocycles. The summed E-state index contributed by atoms with van der Waals surface area (Å²) in [5.74, 6) is 0.894. The lowest BCUT2D eigenvalue weighted by molar-refractivity contribution is 0.0762. The van der Waals surface area contributed by atoms with Gasteiger partial charge in [0.2, 0.25) is 0 Å². The van der Waals surface area contributed by atoms with Gasteiger partial charge in [-0.25, -0.2) is 4.98 Å². The molecular formula is C15H16N4O. The first-order chi connectivity index (χ1) is 9.76. The molecule has 3 aromatic rings. The average Bonchev–Trinajstić information content (AvgIpc) is 3.13. The van der Waals surface area contributed by atoms with Gasteiger partial charge in [-0.15, -0.1) is 0 Å². The van der Waals surface area contributed by atoms with Gasteiger partial charge >= 0.3 is 0 Å². The van der Waals surface area contributed by atoms with Crippen molar-refractivity contribution < 1.29 is 4.74 Å². The maximum absolute atomic E-state index is 5.73. The van der Waals surface area contributed by atoms with Crippen LogP contribution in [0.4, 0.5) is 0 Å². The third kappa shape index (κ3) is 1.60. The normalized spacial score (nSPS) is 17.8. The lowest BCUT2D eigenvalue weighted by Gasteiger charge is -2.01. The fourth-order valence-electron chi connectivity index (χ4n) is 2.77. The summed E-state index contributed by atoms with van der Waals surface area (Å²) in [7, 11) is 0. The Morgan fingerprint density at radius 2 is 2.35 bits per heavy atom. The highest BCUT2D eigenvalue weighted by molar-refractivity contribution is 5.94. The highest BCUT2D eigenvalue weighted by atomic mass is 16.5. The monoisotopic (exact) mass is 268 g/mol. The number of imidazole rings is 1. The number of rotatable bonds is 2. The van der Waals surface area contributed by atoms with Crippen LogP contribution in [0.5, 0.6) is 0 Å². The van der Waals surface area contributed by atoms with Crippen LogP contribution >= 0.6 is 0 Å². The van der Waals surface area contributed by atoms with Crippen LogP contribution in [0.1, 0.15) is 30.0 Å². The quantitative estimate of drug-likeness (QED) is 0.668. The van der Waals surface area contributed by atoms with E-state index in [4.69, 9.17) is 10.5 Å². The van der Waals surface area contributed by atoms with E-state index >= 15 is 0 Å². The molecule has 0 saturated carbocycles. The molecule has 3 heterocycles. The minimum absolute atomic E-state index is 0.0693. The lowest BCUT2D eigenvalue weighted by Crippen LogP contribution is -1.95. The topological polar surface area (TPSA) is 79.7 Å². The first kappa shape index (κ1) is 11.7. The molecule has 0 radical (unpaired) electrons. The second-order valence-electron chi connectivity index (χ2n) is 5.19. The van der Waals surface area contributed by atoms with Crippen LogP contribution in [-0.2, 0) is 17.9 Å². The van der Waals surface area contributed by atoms with Gasteiger partial charge in [-0.3, -0.25) is 0 Å². The number of hydrogen-bond donors (Lipinski definition) is 3. The molecule has 1 aromatic carbocycles. The first-order valence-corrected chi connectivity index (χ1v) is 6.77. The molecule has 1 unspecified atom stereocenters. The van der Waals surface area contributed by atoms with Crippen molar-refractivity contribution in [1.82, 2.24) is 15.0 Å². The van der Waals surface area contributed by atoms with E-state index in [0.717, 1.165) is 39.2 Å². The van der Waals surface area contributed by atoms with Crippen molar-refractivity contribution in [2.45, 2.75) is 26.2 Å². The second kappa shape index (κ2) is 4.19. The third-order valence-electron chi connectivity index (χ3n) is 3.91. The summed E-state index contributed by atoms with van der Waals surface area (Å²) in [5.41, 5.74) is 11.1. The van der Waals surface area contributed by atoms with Crippen LogP contribution in [0.25, 0.3) is 22.3 Å². The molecule has 1 aliphatic heterocycles. The van der Waals surface area contributed by atoms with E-state index in [1.54, 1.807) is 0 Å². The van der Waals surface area contributed by atoms with Gasteiger partial charge in [0.1, 0.15) is 5.82 Å². The molecule has 102 valence electrons. The van der Waals surface area contributed by atoms with Crippen molar-refractivity contribution in [2.24, 2.45) is 5.73 Å². The number of nitrogens with one attached hydrogen (secondary N) is 2. The van der Waals surface area contributed by atoms with Crippen LogP contribution in [0.15, 0.2) is 24.4 Å².